The lowest BCUT2D eigenvalue weighted by atomic mass is 9.91. The molecule has 0 saturated heterocycles. The van der Waals surface area contributed by atoms with Crippen LogP contribution >= 0.6 is 0 Å². The van der Waals surface area contributed by atoms with Gasteiger partial charge in [-0.25, -0.2) is 0 Å². The number of benzene rings is 9. The average molecular weight is 655 g/mol. The highest BCUT2D eigenvalue weighted by molar-refractivity contribution is 6.13. The maximum absolute atomic E-state index is 8.97. The molecule has 0 aliphatic carbocycles. The van der Waals surface area contributed by atoms with Gasteiger partial charge in [-0.3, -0.25) is 0 Å². The largest absolute Gasteiger partial charge is 0.311 e. The topological polar surface area (TPSA) is 3.24 Å². The third-order valence-corrected chi connectivity index (χ3v) is 9.56. The summed E-state index contributed by atoms with van der Waals surface area (Å²) in [5, 5.41) is 4.67. The highest BCUT2D eigenvalue weighted by Crippen LogP contribution is 2.40. The summed E-state index contributed by atoms with van der Waals surface area (Å²) in [4.78, 5) is 1.76. The molecule has 0 amide bonds. The summed E-state index contributed by atoms with van der Waals surface area (Å²) in [5.41, 5.74) is 10.1. The molecule has 0 spiro atoms. The van der Waals surface area contributed by atoms with E-state index in [1.54, 1.807) is 4.90 Å². The van der Waals surface area contributed by atoms with Crippen LogP contribution in [0.15, 0.2) is 212 Å². The molecule has 240 valence electrons. The van der Waals surface area contributed by atoms with Crippen LogP contribution in [0, 0.1) is 0 Å². The van der Waals surface area contributed by atoms with E-state index in [-0.39, 0.29) is 29.9 Å². The minimum atomic E-state index is -0.425. The van der Waals surface area contributed by atoms with Crippen molar-refractivity contribution < 1.29 is 6.85 Å². The zero-order valence-corrected chi connectivity index (χ0v) is 27.8. The third kappa shape index (κ3) is 5.86. The van der Waals surface area contributed by atoms with E-state index in [9.17, 15) is 0 Å². The summed E-state index contributed by atoms with van der Waals surface area (Å²) >= 11 is 0. The van der Waals surface area contributed by atoms with Gasteiger partial charge in [0, 0.05) is 17.1 Å². The van der Waals surface area contributed by atoms with Crippen LogP contribution in [-0.2, 0) is 0 Å². The Morgan fingerprint density at radius 3 is 1.49 bits per heavy atom. The van der Waals surface area contributed by atoms with Gasteiger partial charge in [-0.15, -0.1) is 0 Å². The first-order valence-corrected chi connectivity index (χ1v) is 17.1. The lowest BCUT2D eigenvalue weighted by molar-refractivity contribution is 1.28. The molecule has 0 unspecified atom stereocenters. The third-order valence-electron chi connectivity index (χ3n) is 9.56. The Balaban J connectivity index is 1.15. The molecule has 51 heavy (non-hydrogen) atoms. The van der Waals surface area contributed by atoms with Gasteiger partial charge in [0.05, 0.1) is 6.85 Å². The molecule has 0 saturated carbocycles. The molecule has 0 aliphatic rings. The fourth-order valence-corrected chi connectivity index (χ4v) is 7.10. The van der Waals surface area contributed by atoms with Crippen molar-refractivity contribution in [1.29, 1.82) is 0 Å². The van der Waals surface area contributed by atoms with Crippen molar-refractivity contribution in [2.45, 2.75) is 0 Å². The van der Waals surface area contributed by atoms with Gasteiger partial charge in [0.25, 0.3) is 0 Å². The molecule has 0 bridgehead atoms. The first-order chi connectivity index (χ1) is 27.4. The van der Waals surface area contributed by atoms with Gasteiger partial charge in [0.1, 0.15) is 0 Å². The fourth-order valence-electron chi connectivity index (χ4n) is 7.10. The Labute approximate surface area is 306 Å². The van der Waals surface area contributed by atoms with Gasteiger partial charge >= 0.3 is 0 Å². The lowest BCUT2D eigenvalue weighted by Crippen LogP contribution is -2.09. The molecule has 9 aromatic carbocycles. The van der Waals surface area contributed by atoms with Gasteiger partial charge in [-0.2, -0.15) is 0 Å². The van der Waals surface area contributed by atoms with E-state index in [1.807, 2.05) is 60.7 Å². The van der Waals surface area contributed by atoms with Crippen LogP contribution in [-0.4, -0.2) is 0 Å². The second-order valence-electron chi connectivity index (χ2n) is 12.6. The fraction of sp³-hybridized carbons (Fsp3) is 0. The van der Waals surface area contributed by atoms with Crippen LogP contribution < -0.4 is 4.90 Å². The normalized spacial score (nSPS) is 12.5. The first-order valence-electron chi connectivity index (χ1n) is 19.6. The number of anilines is 3. The number of hydrogen-bond donors (Lipinski definition) is 0. The molecule has 0 radical (unpaired) electrons. The molecule has 0 atom stereocenters. The number of fused-ring (bicyclic) bond motifs is 3. The maximum Gasteiger partial charge on any atom is 0.0645 e. The van der Waals surface area contributed by atoms with E-state index >= 15 is 0 Å². The van der Waals surface area contributed by atoms with Crippen molar-refractivity contribution in [3.05, 3.63) is 212 Å². The van der Waals surface area contributed by atoms with E-state index in [0.717, 1.165) is 55.3 Å². The second-order valence-corrected chi connectivity index (χ2v) is 12.6. The van der Waals surface area contributed by atoms with E-state index in [0.29, 0.717) is 11.4 Å². The summed E-state index contributed by atoms with van der Waals surface area (Å²) in [5.74, 6) is 0. The highest BCUT2D eigenvalue weighted by Gasteiger charge is 2.15. The molecule has 0 heterocycles. The minimum absolute atomic E-state index is 0.0891. The van der Waals surface area contributed by atoms with Crippen LogP contribution in [0.25, 0.3) is 66.1 Å². The first kappa shape index (κ1) is 25.3. The Morgan fingerprint density at radius 1 is 0.314 bits per heavy atom. The van der Waals surface area contributed by atoms with Crippen molar-refractivity contribution >= 4 is 38.6 Å². The Kier molecular flexibility index (Phi) is 6.60. The molecule has 0 N–H and O–H groups in total. The summed E-state index contributed by atoms with van der Waals surface area (Å²) < 4.78 is 43.3. The van der Waals surface area contributed by atoms with Gasteiger partial charge < -0.3 is 4.90 Å². The quantitative estimate of drug-likeness (QED) is 0.155. The predicted octanol–water partition coefficient (Wildman–Crippen LogP) is 14.1. The number of para-hydroxylation sites is 1. The molecule has 0 fully saturated rings. The smallest absolute Gasteiger partial charge is 0.0645 e. The molecule has 0 aromatic heterocycles. The van der Waals surface area contributed by atoms with Gasteiger partial charge in [-0.1, -0.05) is 164 Å². The van der Waals surface area contributed by atoms with Crippen molar-refractivity contribution in [1.82, 2.24) is 0 Å². The van der Waals surface area contributed by atoms with Crippen LogP contribution in [0.4, 0.5) is 17.1 Å². The van der Waals surface area contributed by atoms with Crippen molar-refractivity contribution in [2.24, 2.45) is 0 Å². The zero-order chi connectivity index (χ0) is 38.3. The molecular formula is C50H35N. The van der Waals surface area contributed by atoms with Crippen LogP contribution in [0.5, 0.6) is 0 Å². The number of nitrogens with zero attached hydrogens (tertiary/aromatic N) is 1. The molecule has 1 nitrogen and oxygen atoms in total. The highest BCUT2D eigenvalue weighted by atomic mass is 15.1. The monoisotopic (exact) mass is 654 g/mol. The van der Waals surface area contributed by atoms with E-state index in [4.69, 9.17) is 6.85 Å². The summed E-state index contributed by atoms with van der Waals surface area (Å²) in [6.07, 6.45) is 0. The van der Waals surface area contributed by atoms with Crippen molar-refractivity contribution in [3.8, 4) is 44.5 Å². The number of rotatable bonds is 7. The average Bonchev–Trinajstić information content (AvgIpc) is 3.27. The SMILES string of the molecule is [2H]c1c([2H])c([2H])c(N(c2ccc(-c3ccc(-c4ccccc4)c(-c4ccccc4)c3)cc2)c2ccc(-c3cc4ccccc4c4ccccc34)cc2)c([2H])c1[2H]. The van der Waals surface area contributed by atoms with Crippen LogP contribution in [0.1, 0.15) is 6.85 Å². The van der Waals surface area contributed by atoms with Gasteiger partial charge in [0.2, 0.25) is 0 Å². The van der Waals surface area contributed by atoms with E-state index < -0.39 is 6.04 Å². The Bertz CT molecular complexity index is 2860. The van der Waals surface area contributed by atoms with E-state index in [2.05, 4.69) is 121 Å². The zero-order valence-electron chi connectivity index (χ0n) is 32.8. The molecular weight excluding hydrogens is 615 g/mol. The Hall–Kier alpha value is -6.70. The van der Waals surface area contributed by atoms with Crippen molar-refractivity contribution in [3.63, 3.8) is 0 Å². The molecule has 9 aromatic rings. The van der Waals surface area contributed by atoms with Crippen LogP contribution in [0.3, 0.4) is 0 Å². The molecule has 9 rings (SSSR count). The van der Waals surface area contributed by atoms with Gasteiger partial charge in [-0.05, 0) is 115 Å². The van der Waals surface area contributed by atoms with Crippen LogP contribution in [0.2, 0.25) is 0 Å². The Morgan fingerprint density at radius 2 is 0.824 bits per heavy atom. The molecule has 1 heteroatoms. The maximum atomic E-state index is 8.97. The van der Waals surface area contributed by atoms with Gasteiger partial charge in [0.15, 0.2) is 0 Å². The second kappa shape index (κ2) is 13.3. The summed E-state index contributed by atoms with van der Waals surface area (Å²) in [6, 6.07) is 60.5. The summed E-state index contributed by atoms with van der Waals surface area (Å²) in [6.45, 7) is 0. The lowest BCUT2D eigenvalue weighted by Gasteiger charge is -2.26. The summed E-state index contributed by atoms with van der Waals surface area (Å²) in [7, 11) is 0. The molecule has 0 aliphatic heterocycles. The van der Waals surface area contributed by atoms with Crippen molar-refractivity contribution in [2.75, 3.05) is 4.90 Å². The number of hydrogen-bond acceptors (Lipinski definition) is 1. The van der Waals surface area contributed by atoms with E-state index in [1.165, 1.54) is 10.8 Å². The predicted molar refractivity (Wildman–Crippen MR) is 218 cm³/mol. The standard InChI is InChI=1S/C50H35N/c1-4-14-37(15-5-1)46-33-28-40(34-49(46)38-16-6-2-7-17-38)36-24-29-43(30-25-36)51(42-19-8-3-9-20-42)44-31-26-39(27-32-44)50-35-41-18-10-11-21-45(41)47-22-12-13-23-48(47)50/h1-35H/i3D,8D,9D,19D,20D. The minimum Gasteiger partial charge on any atom is -0.311 e.